The van der Waals surface area contributed by atoms with Crippen LogP contribution in [0, 0.1) is 5.92 Å². The Kier molecular flexibility index (Phi) is 6.48. The number of nitrogens with zero attached hydrogens (tertiary/aromatic N) is 1. The van der Waals surface area contributed by atoms with Gasteiger partial charge in [-0.1, -0.05) is 56.3 Å². The highest BCUT2D eigenvalue weighted by molar-refractivity contribution is 5.30. The second-order valence-electron chi connectivity index (χ2n) is 7.27. The molecular formula is C22H30N2O. The van der Waals surface area contributed by atoms with Gasteiger partial charge in [0.05, 0.1) is 0 Å². The Labute approximate surface area is 152 Å². The third-order valence-corrected chi connectivity index (χ3v) is 4.80. The second kappa shape index (κ2) is 9.02. The van der Waals surface area contributed by atoms with Crippen LogP contribution >= 0.6 is 0 Å². The van der Waals surface area contributed by atoms with E-state index >= 15 is 0 Å². The standard InChI is InChI=1S/C22H30N2O/c1-18(2)16-22(24-14-12-23-13-15-24)20-8-10-21(11-9-20)25-17-19-6-4-3-5-7-19/h3-11,18,22-23H,12-17H2,1-2H3/t22-/m1/s1. The van der Waals surface area contributed by atoms with Gasteiger partial charge in [0.15, 0.2) is 0 Å². The van der Waals surface area contributed by atoms with E-state index in [1.165, 1.54) is 17.5 Å². The molecule has 0 amide bonds. The van der Waals surface area contributed by atoms with Crippen LogP contribution in [-0.2, 0) is 6.61 Å². The zero-order valence-corrected chi connectivity index (χ0v) is 15.4. The van der Waals surface area contributed by atoms with Crippen LogP contribution in [0.1, 0.15) is 37.4 Å². The van der Waals surface area contributed by atoms with Gasteiger partial charge in [-0.15, -0.1) is 0 Å². The fourth-order valence-electron chi connectivity index (χ4n) is 3.46. The van der Waals surface area contributed by atoms with Crippen molar-refractivity contribution in [2.24, 2.45) is 5.92 Å². The minimum absolute atomic E-state index is 0.505. The van der Waals surface area contributed by atoms with Gasteiger partial charge >= 0.3 is 0 Å². The van der Waals surface area contributed by atoms with Crippen molar-refractivity contribution in [3.63, 3.8) is 0 Å². The number of hydrogen-bond acceptors (Lipinski definition) is 3. The Hall–Kier alpha value is -1.84. The number of nitrogens with one attached hydrogen (secondary N) is 1. The summed E-state index contributed by atoms with van der Waals surface area (Å²) in [4.78, 5) is 2.62. The van der Waals surface area contributed by atoms with Crippen LogP contribution in [0.25, 0.3) is 0 Å². The molecule has 1 saturated heterocycles. The topological polar surface area (TPSA) is 24.5 Å². The van der Waals surface area contributed by atoms with Crippen LogP contribution in [0.3, 0.4) is 0 Å². The summed E-state index contributed by atoms with van der Waals surface area (Å²) in [6.07, 6.45) is 1.20. The molecule has 0 saturated carbocycles. The molecule has 3 rings (SSSR count). The zero-order chi connectivity index (χ0) is 17.5. The van der Waals surface area contributed by atoms with Crippen LogP contribution < -0.4 is 10.1 Å². The molecular weight excluding hydrogens is 308 g/mol. The molecule has 3 nitrogen and oxygen atoms in total. The molecule has 0 bridgehead atoms. The monoisotopic (exact) mass is 338 g/mol. The van der Waals surface area contributed by atoms with Crippen LogP contribution in [0.2, 0.25) is 0 Å². The fourth-order valence-corrected chi connectivity index (χ4v) is 3.46. The third-order valence-electron chi connectivity index (χ3n) is 4.80. The van der Waals surface area contributed by atoms with Gasteiger partial charge in [-0.05, 0) is 35.6 Å². The number of benzene rings is 2. The minimum atomic E-state index is 0.505. The van der Waals surface area contributed by atoms with E-state index in [9.17, 15) is 0 Å². The molecule has 0 unspecified atom stereocenters. The first-order chi connectivity index (χ1) is 12.2. The van der Waals surface area contributed by atoms with Gasteiger partial charge in [-0.3, -0.25) is 4.90 Å². The van der Waals surface area contributed by atoms with Gasteiger partial charge in [0.25, 0.3) is 0 Å². The maximum atomic E-state index is 5.93. The molecule has 134 valence electrons. The molecule has 0 radical (unpaired) electrons. The molecule has 1 heterocycles. The molecule has 1 N–H and O–H groups in total. The van der Waals surface area contributed by atoms with Gasteiger partial charge in [-0.2, -0.15) is 0 Å². The van der Waals surface area contributed by atoms with E-state index in [0.717, 1.165) is 31.9 Å². The van der Waals surface area contributed by atoms with Crippen molar-refractivity contribution in [1.82, 2.24) is 10.2 Å². The van der Waals surface area contributed by atoms with Crippen molar-refractivity contribution in [3.05, 3.63) is 65.7 Å². The Morgan fingerprint density at radius 2 is 1.64 bits per heavy atom. The average molecular weight is 338 g/mol. The van der Waals surface area contributed by atoms with Crippen molar-refractivity contribution in [2.45, 2.75) is 32.9 Å². The highest BCUT2D eigenvalue weighted by Crippen LogP contribution is 2.29. The second-order valence-corrected chi connectivity index (χ2v) is 7.27. The quantitative estimate of drug-likeness (QED) is 0.816. The predicted octanol–water partition coefficient (Wildman–Crippen LogP) is 4.26. The Bertz CT molecular complexity index is 618. The molecule has 2 aromatic rings. The van der Waals surface area contributed by atoms with E-state index in [-0.39, 0.29) is 0 Å². The maximum absolute atomic E-state index is 5.93. The highest BCUT2D eigenvalue weighted by Gasteiger charge is 2.22. The number of hydrogen-bond donors (Lipinski definition) is 1. The maximum Gasteiger partial charge on any atom is 0.119 e. The summed E-state index contributed by atoms with van der Waals surface area (Å²) in [6, 6.07) is 19.5. The normalized spacial score (nSPS) is 16.8. The molecule has 2 aromatic carbocycles. The molecule has 1 aliphatic heterocycles. The lowest BCUT2D eigenvalue weighted by atomic mass is 9.95. The van der Waals surface area contributed by atoms with Crippen molar-refractivity contribution < 1.29 is 4.74 Å². The van der Waals surface area contributed by atoms with Crippen molar-refractivity contribution in [2.75, 3.05) is 26.2 Å². The Morgan fingerprint density at radius 1 is 0.960 bits per heavy atom. The summed E-state index contributed by atoms with van der Waals surface area (Å²) in [5.74, 6) is 1.63. The first-order valence-corrected chi connectivity index (χ1v) is 9.44. The molecule has 25 heavy (non-hydrogen) atoms. The molecule has 0 aromatic heterocycles. The first-order valence-electron chi connectivity index (χ1n) is 9.44. The largest absolute Gasteiger partial charge is 0.489 e. The van der Waals surface area contributed by atoms with E-state index in [0.29, 0.717) is 18.6 Å². The number of rotatable bonds is 7. The summed E-state index contributed by atoms with van der Waals surface area (Å²) < 4.78 is 5.93. The molecule has 1 atom stereocenters. The highest BCUT2D eigenvalue weighted by atomic mass is 16.5. The predicted molar refractivity (Wildman–Crippen MR) is 104 cm³/mol. The lowest BCUT2D eigenvalue weighted by molar-refractivity contribution is 0.154. The van der Waals surface area contributed by atoms with Crippen molar-refractivity contribution in [3.8, 4) is 5.75 Å². The molecule has 3 heteroatoms. The SMILES string of the molecule is CC(C)C[C@H](c1ccc(OCc2ccccc2)cc1)N1CCNCC1. The lowest BCUT2D eigenvalue weighted by Gasteiger charge is -2.36. The number of piperazine rings is 1. The lowest BCUT2D eigenvalue weighted by Crippen LogP contribution is -2.45. The Balaban J connectivity index is 1.65. The van der Waals surface area contributed by atoms with E-state index in [1.54, 1.807) is 0 Å². The van der Waals surface area contributed by atoms with Gasteiger partial charge < -0.3 is 10.1 Å². The van der Waals surface area contributed by atoms with Crippen LogP contribution in [0.4, 0.5) is 0 Å². The van der Waals surface area contributed by atoms with Gasteiger partial charge in [0.2, 0.25) is 0 Å². The Morgan fingerprint density at radius 3 is 2.28 bits per heavy atom. The van der Waals surface area contributed by atoms with Crippen LogP contribution in [-0.4, -0.2) is 31.1 Å². The smallest absolute Gasteiger partial charge is 0.119 e. The summed E-state index contributed by atoms with van der Waals surface area (Å²) in [7, 11) is 0. The number of ether oxygens (including phenoxy) is 1. The van der Waals surface area contributed by atoms with E-state index in [2.05, 4.69) is 60.5 Å². The van der Waals surface area contributed by atoms with Gasteiger partial charge in [0.1, 0.15) is 12.4 Å². The third kappa shape index (κ3) is 5.32. The molecule has 1 aliphatic rings. The summed E-state index contributed by atoms with van der Waals surface area (Å²) >= 11 is 0. The van der Waals surface area contributed by atoms with E-state index in [1.807, 2.05) is 18.2 Å². The van der Waals surface area contributed by atoms with Crippen LogP contribution in [0.5, 0.6) is 5.75 Å². The first kappa shape index (κ1) is 18.0. The molecule has 0 aliphatic carbocycles. The summed E-state index contributed by atoms with van der Waals surface area (Å²) in [5.41, 5.74) is 2.60. The minimum Gasteiger partial charge on any atom is -0.489 e. The summed E-state index contributed by atoms with van der Waals surface area (Å²) in [5, 5.41) is 3.45. The van der Waals surface area contributed by atoms with Crippen molar-refractivity contribution >= 4 is 0 Å². The molecule has 1 fully saturated rings. The van der Waals surface area contributed by atoms with Crippen molar-refractivity contribution in [1.29, 1.82) is 0 Å². The summed E-state index contributed by atoms with van der Waals surface area (Å²) in [6.45, 7) is 9.68. The van der Waals surface area contributed by atoms with E-state index in [4.69, 9.17) is 4.74 Å². The van der Waals surface area contributed by atoms with Gasteiger partial charge in [-0.25, -0.2) is 0 Å². The fraction of sp³-hybridized carbons (Fsp3) is 0.455. The van der Waals surface area contributed by atoms with E-state index < -0.39 is 0 Å². The zero-order valence-electron chi connectivity index (χ0n) is 15.4. The van der Waals surface area contributed by atoms with Gasteiger partial charge in [0, 0.05) is 32.2 Å². The molecule has 0 spiro atoms. The van der Waals surface area contributed by atoms with Crippen LogP contribution in [0.15, 0.2) is 54.6 Å². The average Bonchev–Trinajstić information content (AvgIpc) is 2.66.